The van der Waals surface area contributed by atoms with Gasteiger partial charge in [0.25, 0.3) is 5.91 Å². The molecule has 152 valence electrons. The number of nitrogens with two attached hydrogens (primary N) is 1. The summed E-state index contributed by atoms with van der Waals surface area (Å²) < 4.78 is 0. The van der Waals surface area contributed by atoms with Crippen molar-refractivity contribution >= 4 is 33.8 Å². The molecule has 0 radical (unpaired) electrons. The predicted octanol–water partition coefficient (Wildman–Crippen LogP) is 2.88. The normalized spacial score (nSPS) is 19.2. The zero-order chi connectivity index (χ0) is 20.7. The lowest BCUT2D eigenvalue weighted by Gasteiger charge is -2.27. The fourth-order valence-electron chi connectivity index (χ4n) is 4.25. The predicted molar refractivity (Wildman–Crippen MR) is 114 cm³/mol. The first-order valence-electron chi connectivity index (χ1n) is 10.1. The fourth-order valence-corrected chi connectivity index (χ4v) is 4.25. The van der Waals surface area contributed by atoms with E-state index in [2.05, 4.69) is 25.5 Å². The molecule has 2 aromatic carbocycles. The van der Waals surface area contributed by atoms with Crippen LogP contribution in [0.2, 0.25) is 0 Å². The number of hydrogen-bond acceptors (Lipinski definition) is 4. The molecule has 1 aliphatic carbocycles. The van der Waals surface area contributed by atoms with Crippen molar-refractivity contribution in [3.63, 3.8) is 0 Å². The minimum absolute atomic E-state index is 0.0349. The Kier molecular flexibility index (Phi) is 4.46. The topological polar surface area (TPSA) is 130 Å². The molecule has 0 bridgehead atoms. The number of benzene rings is 2. The highest BCUT2D eigenvalue weighted by Crippen LogP contribution is 2.27. The van der Waals surface area contributed by atoms with Crippen LogP contribution in [0, 0.1) is 5.92 Å². The first kappa shape index (κ1) is 18.4. The molecule has 2 unspecified atom stereocenters. The quantitative estimate of drug-likeness (QED) is 0.418. The zero-order valence-electron chi connectivity index (χ0n) is 16.3. The zero-order valence-corrected chi connectivity index (χ0v) is 16.3. The summed E-state index contributed by atoms with van der Waals surface area (Å²) in [5.41, 5.74) is 9.28. The Balaban J connectivity index is 1.38. The lowest BCUT2D eigenvalue weighted by molar-refractivity contribution is -0.122. The van der Waals surface area contributed by atoms with Gasteiger partial charge in [0.15, 0.2) is 5.82 Å². The van der Waals surface area contributed by atoms with Gasteiger partial charge in [-0.25, -0.2) is 4.98 Å². The third kappa shape index (κ3) is 3.30. The SMILES string of the molecule is NC(=O)C1CCCC(NC(=O)c2ccc3c(-c4nc5ccccc5[nH]4)n[nH]c3c2)C1. The Morgan fingerprint density at radius 2 is 1.97 bits per heavy atom. The molecule has 1 saturated carbocycles. The number of primary amides is 1. The van der Waals surface area contributed by atoms with Gasteiger partial charge in [-0.1, -0.05) is 18.6 Å². The maximum absolute atomic E-state index is 12.7. The van der Waals surface area contributed by atoms with Crippen molar-refractivity contribution in [3.8, 4) is 11.5 Å². The van der Waals surface area contributed by atoms with Crippen LogP contribution in [0.25, 0.3) is 33.5 Å². The number of para-hydroxylation sites is 2. The largest absolute Gasteiger partial charge is 0.369 e. The minimum Gasteiger partial charge on any atom is -0.369 e. The van der Waals surface area contributed by atoms with Crippen LogP contribution in [0.4, 0.5) is 0 Å². The number of nitrogens with zero attached hydrogens (tertiary/aromatic N) is 2. The summed E-state index contributed by atoms with van der Waals surface area (Å²) in [6, 6.07) is 13.2. The van der Waals surface area contributed by atoms with Crippen LogP contribution >= 0.6 is 0 Å². The summed E-state index contributed by atoms with van der Waals surface area (Å²) >= 11 is 0. The van der Waals surface area contributed by atoms with E-state index in [1.807, 2.05) is 30.3 Å². The molecule has 5 rings (SSSR count). The lowest BCUT2D eigenvalue weighted by atomic mass is 9.85. The highest BCUT2D eigenvalue weighted by molar-refractivity contribution is 6.00. The van der Waals surface area contributed by atoms with Gasteiger partial charge in [0.05, 0.1) is 16.6 Å². The standard InChI is InChI=1S/C22H22N6O2/c23-20(29)12-4-3-5-14(10-12)24-22(30)13-8-9-15-18(11-13)27-28-19(15)21-25-16-6-1-2-7-17(16)26-21/h1-2,6-9,11-12,14H,3-5,10H2,(H2,23,29)(H,24,30)(H,25,26)(H,27,28). The summed E-state index contributed by atoms with van der Waals surface area (Å²) in [4.78, 5) is 32.1. The van der Waals surface area contributed by atoms with Gasteiger partial charge >= 0.3 is 0 Å². The third-order valence-corrected chi connectivity index (χ3v) is 5.85. The second kappa shape index (κ2) is 7.29. The molecule has 2 atom stereocenters. The second-order valence-corrected chi connectivity index (χ2v) is 7.87. The summed E-state index contributed by atoms with van der Waals surface area (Å²) in [6.07, 6.45) is 3.15. The van der Waals surface area contributed by atoms with Gasteiger partial charge in [0, 0.05) is 22.9 Å². The fraction of sp³-hybridized carbons (Fsp3) is 0.273. The monoisotopic (exact) mass is 402 g/mol. The van der Waals surface area contributed by atoms with Crippen LogP contribution in [0.3, 0.4) is 0 Å². The number of H-pyrrole nitrogens is 2. The highest BCUT2D eigenvalue weighted by Gasteiger charge is 2.27. The second-order valence-electron chi connectivity index (χ2n) is 7.87. The molecular formula is C22H22N6O2. The van der Waals surface area contributed by atoms with Gasteiger partial charge in [-0.3, -0.25) is 14.7 Å². The van der Waals surface area contributed by atoms with Crippen LogP contribution in [0.5, 0.6) is 0 Å². The molecular weight excluding hydrogens is 380 g/mol. The number of fused-ring (bicyclic) bond motifs is 2. The molecule has 0 saturated heterocycles. The molecule has 2 amide bonds. The summed E-state index contributed by atoms with van der Waals surface area (Å²) in [7, 11) is 0. The maximum Gasteiger partial charge on any atom is 0.251 e. The first-order chi connectivity index (χ1) is 14.6. The molecule has 8 nitrogen and oxygen atoms in total. The molecule has 30 heavy (non-hydrogen) atoms. The van der Waals surface area contributed by atoms with Crippen LogP contribution < -0.4 is 11.1 Å². The minimum atomic E-state index is -0.286. The molecule has 4 aromatic rings. The summed E-state index contributed by atoms with van der Waals surface area (Å²) in [5, 5.41) is 11.3. The number of rotatable bonds is 4. The number of nitrogens with one attached hydrogen (secondary N) is 3. The Morgan fingerprint density at radius 3 is 2.80 bits per heavy atom. The third-order valence-electron chi connectivity index (χ3n) is 5.85. The molecule has 5 N–H and O–H groups in total. The van der Waals surface area contributed by atoms with E-state index < -0.39 is 0 Å². The molecule has 2 heterocycles. The number of carbonyl (C=O) groups is 2. The Morgan fingerprint density at radius 1 is 1.10 bits per heavy atom. The van der Waals surface area contributed by atoms with E-state index in [1.165, 1.54) is 0 Å². The molecule has 0 spiro atoms. The first-order valence-corrected chi connectivity index (χ1v) is 10.1. The van der Waals surface area contributed by atoms with E-state index in [1.54, 1.807) is 12.1 Å². The lowest BCUT2D eigenvalue weighted by Crippen LogP contribution is -2.41. The van der Waals surface area contributed by atoms with Crippen molar-refractivity contribution in [2.75, 3.05) is 0 Å². The highest BCUT2D eigenvalue weighted by atomic mass is 16.2. The average molecular weight is 402 g/mol. The number of hydrogen-bond donors (Lipinski definition) is 4. The Hall–Kier alpha value is -3.68. The average Bonchev–Trinajstić information content (AvgIpc) is 3.37. The molecule has 0 aliphatic heterocycles. The number of aromatic amines is 2. The number of carbonyl (C=O) groups excluding carboxylic acids is 2. The van der Waals surface area contributed by atoms with Crippen molar-refractivity contribution in [1.29, 1.82) is 0 Å². The van der Waals surface area contributed by atoms with Gasteiger partial charge in [0.2, 0.25) is 5.91 Å². The van der Waals surface area contributed by atoms with Gasteiger partial charge in [-0.2, -0.15) is 5.10 Å². The molecule has 2 aromatic heterocycles. The van der Waals surface area contributed by atoms with Gasteiger partial charge < -0.3 is 16.0 Å². The maximum atomic E-state index is 12.7. The Labute approximate surface area is 172 Å². The molecule has 1 fully saturated rings. The number of aromatic nitrogens is 4. The van der Waals surface area contributed by atoms with Crippen molar-refractivity contribution < 1.29 is 9.59 Å². The van der Waals surface area contributed by atoms with E-state index in [0.29, 0.717) is 23.5 Å². The Bertz CT molecular complexity index is 1220. The number of imidazole rings is 1. The van der Waals surface area contributed by atoms with E-state index in [4.69, 9.17) is 5.73 Å². The van der Waals surface area contributed by atoms with Crippen LogP contribution in [-0.2, 0) is 4.79 Å². The van der Waals surface area contributed by atoms with Crippen molar-refractivity contribution in [1.82, 2.24) is 25.5 Å². The van der Waals surface area contributed by atoms with E-state index in [0.717, 1.165) is 41.2 Å². The summed E-state index contributed by atoms with van der Waals surface area (Å²) in [6.45, 7) is 0. The number of amides is 2. The van der Waals surface area contributed by atoms with Gasteiger partial charge in [-0.15, -0.1) is 0 Å². The van der Waals surface area contributed by atoms with Crippen LogP contribution in [0.15, 0.2) is 42.5 Å². The van der Waals surface area contributed by atoms with Crippen molar-refractivity contribution in [2.24, 2.45) is 11.7 Å². The van der Waals surface area contributed by atoms with Crippen molar-refractivity contribution in [3.05, 3.63) is 48.0 Å². The van der Waals surface area contributed by atoms with Crippen molar-refractivity contribution in [2.45, 2.75) is 31.7 Å². The van der Waals surface area contributed by atoms with E-state index >= 15 is 0 Å². The summed E-state index contributed by atoms with van der Waals surface area (Å²) in [5.74, 6) is 0.0720. The van der Waals surface area contributed by atoms with Gasteiger partial charge in [-0.05, 0) is 49.6 Å². The van der Waals surface area contributed by atoms with Crippen LogP contribution in [-0.4, -0.2) is 38.0 Å². The van der Waals surface area contributed by atoms with Gasteiger partial charge in [0.1, 0.15) is 5.69 Å². The smallest absolute Gasteiger partial charge is 0.251 e. The molecule has 1 aliphatic rings. The molecule has 8 heteroatoms. The van der Waals surface area contributed by atoms with E-state index in [-0.39, 0.29) is 23.8 Å². The van der Waals surface area contributed by atoms with E-state index in [9.17, 15) is 9.59 Å². The van der Waals surface area contributed by atoms with Crippen LogP contribution in [0.1, 0.15) is 36.0 Å².